The van der Waals surface area contributed by atoms with E-state index in [-0.39, 0.29) is 5.91 Å². The molecule has 2 rings (SSSR count). The molecule has 0 atom stereocenters. The number of aromatic nitrogens is 4. The van der Waals surface area contributed by atoms with Crippen molar-refractivity contribution in [3.05, 3.63) is 29.8 Å². The van der Waals surface area contributed by atoms with Crippen molar-refractivity contribution in [3.8, 4) is 0 Å². The van der Waals surface area contributed by atoms with Crippen LogP contribution in [0, 0.1) is 6.92 Å². The lowest BCUT2D eigenvalue weighted by atomic mass is 10.2. The molecular weight excluding hydrogens is 268 g/mol. The molecule has 0 aliphatic carbocycles. The zero-order valence-electron chi connectivity index (χ0n) is 13.0. The fourth-order valence-corrected chi connectivity index (χ4v) is 1.95. The van der Waals surface area contributed by atoms with Crippen LogP contribution in [0.5, 0.6) is 0 Å². The summed E-state index contributed by atoms with van der Waals surface area (Å²) in [4.78, 5) is 14.3. The van der Waals surface area contributed by atoms with E-state index in [0.29, 0.717) is 11.3 Å². The Morgan fingerprint density at radius 3 is 2.71 bits per heavy atom. The summed E-state index contributed by atoms with van der Waals surface area (Å²) in [5.74, 6) is -0.153. The summed E-state index contributed by atoms with van der Waals surface area (Å²) in [6.45, 7) is 6.26. The Kier molecular flexibility index (Phi) is 4.74. The van der Waals surface area contributed by atoms with Gasteiger partial charge in [0.05, 0.1) is 29.7 Å². The van der Waals surface area contributed by atoms with Gasteiger partial charge < -0.3 is 10.2 Å². The first kappa shape index (κ1) is 15.2. The van der Waals surface area contributed by atoms with Crippen LogP contribution in [0.4, 0.5) is 5.69 Å². The number of aryl methyl sites for hydroxylation is 2. The quantitative estimate of drug-likeness (QED) is 0.868. The van der Waals surface area contributed by atoms with E-state index < -0.39 is 0 Å². The number of nitrogens with one attached hydrogen (secondary N) is 1. The average Bonchev–Trinajstić information content (AvgIpc) is 3.02. The summed E-state index contributed by atoms with van der Waals surface area (Å²) in [5.41, 5.74) is 2.02. The Hall–Kier alpha value is -2.15. The molecule has 2 aromatic heterocycles. The second-order valence-corrected chi connectivity index (χ2v) is 5.23. The molecule has 21 heavy (non-hydrogen) atoms. The van der Waals surface area contributed by atoms with E-state index in [2.05, 4.69) is 20.4 Å². The number of anilines is 1. The molecule has 2 aromatic rings. The molecule has 0 fully saturated rings. The second-order valence-electron chi connectivity index (χ2n) is 5.23. The maximum absolute atomic E-state index is 12.2. The summed E-state index contributed by atoms with van der Waals surface area (Å²) in [5, 5.41) is 11.4. The van der Waals surface area contributed by atoms with Gasteiger partial charge in [-0.1, -0.05) is 0 Å². The summed E-state index contributed by atoms with van der Waals surface area (Å²) in [6.07, 6.45) is 5.26. The molecular formula is C14H22N6O. The predicted octanol–water partition coefficient (Wildman–Crippen LogP) is 1.22. The van der Waals surface area contributed by atoms with E-state index in [1.807, 2.05) is 38.8 Å². The fourth-order valence-electron chi connectivity index (χ4n) is 1.95. The zero-order valence-corrected chi connectivity index (χ0v) is 13.0. The maximum Gasteiger partial charge on any atom is 0.259 e. The number of rotatable bonds is 6. The molecule has 0 saturated carbocycles. The Morgan fingerprint density at radius 2 is 2.10 bits per heavy atom. The van der Waals surface area contributed by atoms with Crippen molar-refractivity contribution in [1.29, 1.82) is 0 Å². The van der Waals surface area contributed by atoms with Gasteiger partial charge in [-0.25, -0.2) is 0 Å². The first-order chi connectivity index (χ1) is 9.99. The van der Waals surface area contributed by atoms with Gasteiger partial charge in [-0.15, -0.1) is 0 Å². The van der Waals surface area contributed by atoms with Gasteiger partial charge in [0.1, 0.15) is 0 Å². The summed E-state index contributed by atoms with van der Waals surface area (Å²) >= 11 is 0. The highest BCUT2D eigenvalue weighted by Crippen LogP contribution is 2.11. The van der Waals surface area contributed by atoms with Crippen molar-refractivity contribution in [2.75, 3.05) is 26.0 Å². The van der Waals surface area contributed by atoms with Gasteiger partial charge in [-0.2, -0.15) is 10.2 Å². The highest BCUT2D eigenvalue weighted by Gasteiger charge is 2.13. The third-order valence-corrected chi connectivity index (χ3v) is 3.18. The van der Waals surface area contributed by atoms with Crippen molar-refractivity contribution in [2.45, 2.75) is 26.9 Å². The van der Waals surface area contributed by atoms with Gasteiger partial charge in [0.2, 0.25) is 0 Å². The maximum atomic E-state index is 12.2. The Labute approximate surface area is 124 Å². The Bertz CT molecular complexity index is 613. The zero-order chi connectivity index (χ0) is 15.4. The van der Waals surface area contributed by atoms with Crippen LogP contribution >= 0.6 is 0 Å². The molecule has 0 aliphatic heterocycles. The highest BCUT2D eigenvalue weighted by molar-refractivity contribution is 6.04. The average molecular weight is 290 g/mol. The molecule has 1 amide bonds. The topological polar surface area (TPSA) is 68.0 Å². The van der Waals surface area contributed by atoms with E-state index in [0.717, 1.165) is 25.3 Å². The molecule has 0 saturated heterocycles. The van der Waals surface area contributed by atoms with Crippen LogP contribution in [0.15, 0.2) is 18.6 Å². The Balaban J connectivity index is 2.00. The lowest BCUT2D eigenvalue weighted by Crippen LogP contribution is -2.18. The third-order valence-electron chi connectivity index (χ3n) is 3.18. The number of nitrogens with zero attached hydrogens (tertiary/aromatic N) is 5. The van der Waals surface area contributed by atoms with E-state index in [1.165, 1.54) is 0 Å². The predicted molar refractivity (Wildman–Crippen MR) is 81.4 cm³/mol. The van der Waals surface area contributed by atoms with E-state index in [1.54, 1.807) is 17.1 Å². The molecule has 0 spiro atoms. The van der Waals surface area contributed by atoms with Crippen LogP contribution in [0.3, 0.4) is 0 Å². The number of likely N-dealkylation sites (N-methyl/N-ethyl adjacent to an activating group) is 1. The minimum absolute atomic E-state index is 0.153. The fraction of sp³-hybridized carbons (Fsp3) is 0.500. The van der Waals surface area contributed by atoms with Crippen LogP contribution in [0.1, 0.15) is 23.0 Å². The second kappa shape index (κ2) is 6.53. The summed E-state index contributed by atoms with van der Waals surface area (Å²) in [6, 6.07) is 0. The molecule has 1 N–H and O–H groups in total. The lowest BCUT2D eigenvalue weighted by molar-refractivity contribution is 0.102. The van der Waals surface area contributed by atoms with E-state index in [4.69, 9.17) is 0 Å². The number of hydrogen-bond acceptors (Lipinski definition) is 4. The minimum atomic E-state index is -0.153. The molecule has 0 radical (unpaired) electrons. The van der Waals surface area contributed by atoms with Crippen molar-refractivity contribution in [3.63, 3.8) is 0 Å². The minimum Gasteiger partial charge on any atom is -0.319 e. The smallest absolute Gasteiger partial charge is 0.259 e. The molecule has 2 heterocycles. The molecule has 114 valence electrons. The normalized spacial score (nSPS) is 11.1. The van der Waals surface area contributed by atoms with Crippen LogP contribution in [0.25, 0.3) is 0 Å². The van der Waals surface area contributed by atoms with Gasteiger partial charge in [0, 0.05) is 25.5 Å². The number of carbonyl (C=O) groups excluding carboxylic acids is 1. The first-order valence-corrected chi connectivity index (χ1v) is 7.02. The van der Waals surface area contributed by atoms with Gasteiger partial charge in [-0.3, -0.25) is 14.2 Å². The summed E-state index contributed by atoms with van der Waals surface area (Å²) < 4.78 is 3.57. The van der Waals surface area contributed by atoms with Crippen LogP contribution in [-0.4, -0.2) is 51.0 Å². The third kappa shape index (κ3) is 3.91. The molecule has 0 aromatic carbocycles. The van der Waals surface area contributed by atoms with Gasteiger partial charge in [0.25, 0.3) is 5.91 Å². The lowest BCUT2D eigenvalue weighted by Gasteiger charge is -2.08. The highest BCUT2D eigenvalue weighted by atomic mass is 16.1. The summed E-state index contributed by atoms with van der Waals surface area (Å²) in [7, 11) is 4.03. The van der Waals surface area contributed by atoms with E-state index >= 15 is 0 Å². The Morgan fingerprint density at radius 1 is 1.33 bits per heavy atom. The number of hydrogen-bond donors (Lipinski definition) is 1. The van der Waals surface area contributed by atoms with Crippen LogP contribution < -0.4 is 5.32 Å². The standard InChI is InChI=1S/C14H22N6O/c1-5-19-10-13(11(2)17-19)14(21)16-12-8-15-20(9-12)7-6-18(3)4/h8-10H,5-7H2,1-4H3,(H,16,21). The molecule has 7 nitrogen and oxygen atoms in total. The van der Waals surface area contributed by atoms with Crippen molar-refractivity contribution >= 4 is 11.6 Å². The van der Waals surface area contributed by atoms with Crippen molar-refractivity contribution in [2.24, 2.45) is 0 Å². The van der Waals surface area contributed by atoms with E-state index in [9.17, 15) is 4.79 Å². The molecule has 7 heteroatoms. The van der Waals surface area contributed by atoms with Crippen LogP contribution in [0.2, 0.25) is 0 Å². The van der Waals surface area contributed by atoms with Gasteiger partial charge in [-0.05, 0) is 27.9 Å². The molecule has 0 unspecified atom stereocenters. The molecule has 0 aliphatic rings. The van der Waals surface area contributed by atoms with Gasteiger partial charge >= 0.3 is 0 Å². The van der Waals surface area contributed by atoms with Crippen molar-refractivity contribution in [1.82, 2.24) is 24.5 Å². The van der Waals surface area contributed by atoms with Crippen LogP contribution in [-0.2, 0) is 13.1 Å². The number of amides is 1. The number of carbonyl (C=O) groups is 1. The van der Waals surface area contributed by atoms with Crippen molar-refractivity contribution < 1.29 is 4.79 Å². The monoisotopic (exact) mass is 290 g/mol. The first-order valence-electron chi connectivity index (χ1n) is 7.02. The van der Waals surface area contributed by atoms with Gasteiger partial charge in [0.15, 0.2) is 0 Å². The molecule has 0 bridgehead atoms. The largest absolute Gasteiger partial charge is 0.319 e. The SMILES string of the molecule is CCn1cc(C(=O)Nc2cnn(CCN(C)C)c2)c(C)n1.